The normalized spacial score (nSPS) is 23.9. The SMILES string of the molecule is C=CCN1C(=O)N[C@](C)(c2ccc3c(c2)OCO3)C1=O. The van der Waals surface area contributed by atoms with E-state index in [4.69, 9.17) is 9.47 Å². The summed E-state index contributed by atoms with van der Waals surface area (Å²) in [5.74, 6) is 0.909. The van der Waals surface area contributed by atoms with Gasteiger partial charge < -0.3 is 14.8 Å². The van der Waals surface area contributed by atoms with Gasteiger partial charge in [0.05, 0.1) is 0 Å². The van der Waals surface area contributed by atoms with Gasteiger partial charge in [-0.1, -0.05) is 12.1 Å². The minimum absolute atomic E-state index is 0.165. The molecular weight excluding hydrogens is 260 g/mol. The van der Waals surface area contributed by atoms with Crippen LogP contribution in [-0.2, 0) is 10.3 Å². The van der Waals surface area contributed by atoms with Crippen LogP contribution in [0, 0.1) is 0 Å². The molecule has 3 amide bonds. The molecule has 1 N–H and O–H groups in total. The topological polar surface area (TPSA) is 67.9 Å². The number of rotatable bonds is 3. The quantitative estimate of drug-likeness (QED) is 0.667. The maximum atomic E-state index is 12.5. The van der Waals surface area contributed by atoms with Crippen molar-refractivity contribution in [3.63, 3.8) is 0 Å². The summed E-state index contributed by atoms with van der Waals surface area (Å²) >= 11 is 0. The summed E-state index contributed by atoms with van der Waals surface area (Å²) in [5.41, 5.74) is -0.437. The lowest BCUT2D eigenvalue weighted by molar-refractivity contribution is -0.130. The van der Waals surface area contributed by atoms with Gasteiger partial charge in [-0.05, 0) is 24.6 Å². The molecule has 20 heavy (non-hydrogen) atoms. The van der Waals surface area contributed by atoms with Crippen molar-refractivity contribution in [3.05, 3.63) is 36.4 Å². The van der Waals surface area contributed by atoms with Crippen molar-refractivity contribution in [2.45, 2.75) is 12.5 Å². The fraction of sp³-hybridized carbons (Fsp3) is 0.286. The second-order valence-corrected chi connectivity index (χ2v) is 4.83. The van der Waals surface area contributed by atoms with Crippen LogP contribution in [0.15, 0.2) is 30.9 Å². The Labute approximate surface area is 116 Å². The van der Waals surface area contributed by atoms with Crippen molar-refractivity contribution in [1.82, 2.24) is 10.2 Å². The predicted octanol–water partition coefficient (Wildman–Crippen LogP) is 1.37. The third-order valence-electron chi connectivity index (χ3n) is 3.54. The van der Waals surface area contributed by atoms with Gasteiger partial charge in [0.1, 0.15) is 5.54 Å². The zero-order valence-electron chi connectivity index (χ0n) is 11.0. The van der Waals surface area contributed by atoms with E-state index in [2.05, 4.69) is 11.9 Å². The lowest BCUT2D eigenvalue weighted by Crippen LogP contribution is -2.40. The van der Waals surface area contributed by atoms with E-state index in [0.717, 1.165) is 4.90 Å². The van der Waals surface area contributed by atoms with Gasteiger partial charge in [0.25, 0.3) is 5.91 Å². The standard InChI is InChI=1S/C14H14N2O4/c1-3-6-16-12(17)14(2,15-13(16)18)9-4-5-10-11(7-9)20-8-19-10/h3-5,7H,1,6,8H2,2H3,(H,15,18)/t14-/m1/s1. The molecule has 1 fully saturated rings. The fourth-order valence-corrected chi connectivity index (χ4v) is 2.40. The molecule has 6 nitrogen and oxygen atoms in total. The number of benzene rings is 1. The highest BCUT2D eigenvalue weighted by Gasteiger charge is 2.48. The van der Waals surface area contributed by atoms with Gasteiger partial charge in [-0.3, -0.25) is 9.69 Å². The smallest absolute Gasteiger partial charge is 0.325 e. The monoisotopic (exact) mass is 274 g/mol. The number of fused-ring (bicyclic) bond motifs is 1. The van der Waals surface area contributed by atoms with Crippen molar-refractivity contribution in [1.29, 1.82) is 0 Å². The van der Waals surface area contributed by atoms with Crippen molar-refractivity contribution in [3.8, 4) is 11.5 Å². The summed E-state index contributed by atoms with van der Waals surface area (Å²) in [5, 5.41) is 2.72. The summed E-state index contributed by atoms with van der Waals surface area (Å²) in [6, 6.07) is 4.79. The number of carbonyl (C=O) groups is 2. The first-order chi connectivity index (χ1) is 9.56. The number of ether oxygens (including phenoxy) is 2. The maximum Gasteiger partial charge on any atom is 0.325 e. The van der Waals surface area contributed by atoms with E-state index >= 15 is 0 Å². The Morgan fingerprint density at radius 3 is 2.90 bits per heavy atom. The van der Waals surface area contributed by atoms with Crippen LogP contribution in [-0.4, -0.2) is 30.2 Å². The summed E-state index contributed by atoms with van der Waals surface area (Å²) < 4.78 is 10.5. The number of urea groups is 1. The van der Waals surface area contributed by atoms with Crippen molar-refractivity contribution >= 4 is 11.9 Å². The molecule has 0 unspecified atom stereocenters. The molecule has 1 aromatic rings. The van der Waals surface area contributed by atoms with Gasteiger partial charge >= 0.3 is 6.03 Å². The van der Waals surface area contributed by atoms with E-state index in [9.17, 15) is 9.59 Å². The lowest BCUT2D eigenvalue weighted by atomic mass is 9.91. The van der Waals surface area contributed by atoms with Crippen LogP contribution in [0.3, 0.4) is 0 Å². The summed E-state index contributed by atoms with van der Waals surface area (Å²) in [6.45, 7) is 5.58. The molecule has 6 heteroatoms. The molecule has 104 valence electrons. The average molecular weight is 274 g/mol. The fourth-order valence-electron chi connectivity index (χ4n) is 2.40. The minimum atomic E-state index is -1.10. The second kappa shape index (κ2) is 4.26. The highest BCUT2D eigenvalue weighted by Crippen LogP contribution is 2.37. The van der Waals surface area contributed by atoms with Crippen molar-refractivity contribution in [2.24, 2.45) is 0 Å². The molecule has 0 saturated carbocycles. The summed E-state index contributed by atoms with van der Waals surface area (Å²) in [7, 11) is 0. The molecule has 1 atom stereocenters. The highest BCUT2D eigenvalue weighted by atomic mass is 16.7. The first-order valence-corrected chi connectivity index (χ1v) is 6.21. The minimum Gasteiger partial charge on any atom is -0.454 e. The molecule has 2 heterocycles. The van der Waals surface area contributed by atoms with Gasteiger partial charge in [0.15, 0.2) is 11.5 Å². The molecule has 0 aromatic heterocycles. The van der Waals surface area contributed by atoms with Crippen LogP contribution in [0.1, 0.15) is 12.5 Å². The maximum absolute atomic E-state index is 12.5. The Kier molecular flexibility index (Phi) is 2.67. The third kappa shape index (κ3) is 1.65. The number of nitrogens with one attached hydrogen (secondary N) is 1. The molecule has 2 aliphatic heterocycles. The summed E-state index contributed by atoms with van der Waals surface area (Å²) in [6.07, 6.45) is 1.52. The van der Waals surface area contributed by atoms with Gasteiger partial charge in [-0.2, -0.15) is 0 Å². The predicted molar refractivity (Wildman–Crippen MR) is 70.4 cm³/mol. The number of imide groups is 1. The molecule has 1 aromatic carbocycles. The Morgan fingerprint density at radius 1 is 1.40 bits per heavy atom. The van der Waals surface area contributed by atoms with Crippen LogP contribution in [0.5, 0.6) is 11.5 Å². The molecule has 2 aliphatic rings. The van der Waals surface area contributed by atoms with Crippen LogP contribution >= 0.6 is 0 Å². The van der Waals surface area contributed by atoms with Crippen molar-refractivity contribution < 1.29 is 19.1 Å². The average Bonchev–Trinajstić information content (AvgIpc) is 2.97. The van der Waals surface area contributed by atoms with Crippen LogP contribution < -0.4 is 14.8 Å². The van der Waals surface area contributed by atoms with E-state index in [1.807, 2.05) is 0 Å². The zero-order valence-corrected chi connectivity index (χ0v) is 11.0. The second-order valence-electron chi connectivity index (χ2n) is 4.83. The molecule has 0 spiro atoms. The first kappa shape index (κ1) is 12.5. The number of amides is 3. The van der Waals surface area contributed by atoms with Gasteiger partial charge in [-0.25, -0.2) is 4.79 Å². The van der Waals surface area contributed by atoms with E-state index in [-0.39, 0.29) is 19.2 Å². The van der Waals surface area contributed by atoms with E-state index in [1.54, 1.807) is 25.1 Å². The van der Waals surface area contributed by atoms with Gasteiger partial charge in [-0.15, -0.1) is 6.58 Å². The van der Waals surface area contributed by atoms with Gasteiger partial charge in [0.2, 0.25) is 6.79 Å². The Hall–Kier alpha value is -2.50. The highest BCUT2D eigenvalue weighted by molar-refractivity contribution is 6.07. The number of carbonyl (C=O) groups excluding carboxylic acids is 2. The number of nitrogens with zero attached hydrogens (tertiary/aromatic N) is 1. The Balaban J connectivity index is 1.98. The number of hydrogen-bond acceptors (Lipinski definition) is 4. The molecular formula is C14H14N2O4. The van der Waals surface area contributed by atoms with E-state index in [1.165, 1.54) is 6.08 Å². The van der Waals surface area contributed by atoms with E-state index in [0.29, 0.717) is 17.1 Å². The molecule has 0 aliphatic carbocycles. The largest absolute Gasteiger partial charge is 0.454 e. The molecule has 0 radical (unpaired) electrons. The van der Waals surface area contributed by atoms with Crippen LogP contribution in [0.4, 0.5) is 4.79 Å². The number of hydrogen-bond donors (Lipinski definition) is 1. The Morgan fingerprint density at radius 2 is 2.15 bits per heavy atom. The van der Waals surface area contributed by atoms with Crippen LogP contribution in [0.25, 0.3) is 0 Å². The van der Waals surface area contributed by atoms with Gasteiger partial charge in [0, 0.05) is 6.54 Å². The van der Waals surface area contributed by atoms with Crippen molar-refractivity contribution in [2.75, 3.05) is 13.3 Å². The first-order valence-electron chi connectivity index (χ1n) is 6.21. The Bertz CT molecular complexity index is 613. The van der Waals surface area contributed by atoms with Crippen LogP contribution in [0.2, 0.25) is 0 Å². The third-order valence-corrected chi connectivity index (χ3v) is 3.54. The summed E-state index contributed by atoms with van der Waals surface area (Å²) in [4.78, 5) is 25.5. The van der Waals surface area contributed by atoms with E-state index < -0.39 is 11.6 Å². The molecule has 3 rings (SSSR count). The zero-order chi connectivity index (χ0) is 14.3. The molecule has 0 bridgehead atoms. The lowest BCUT2D eigenvalue weighted by Gasteiger charge is -2.22. The molecule has 1 saturated heterocycles.